The number of nitrogens with zero attached hydrogens (tertiary/aromatic N) is 3. The molecule has 4 heterocycles. The molecule has 0 saturated carbocycles. The fourth-order valence-electron chi connectivity index (χ4n) is 4.38. The number of hydrogen-bond donors (Lipinski definition) is 0. The molecule has 1 fully saturated rings. The Morgan fingerprint density at radius 2 is 1.94 bits per heavy atom. The number of benzene rings is 1. The van der Waals surface area contributed by atoms with Crippen LogP contribution in [0.3, 0.4) is 0 Å². The number of anilines is 1. The van der Waals surface area contributed by atoms with Crippen molar-refractivity contribution in [2.75, 3.05) is 25.1 Å². The van der Waals surface area contributed by atoms with E-state index in [4.69, 9.17) is 4.74 Å². The molecule has 0 atom stereocenters. The average Bonchev–Trinajstić information content (AvgIpc) is 3.50. The van der Waals surface area contributed by atoms with Crippen LogP contribution in [0.1, 0.15) is 36.8 Å². The highest BCUT2D eigenvalue weighted by Crippen LogP contribution is 2.43. The van der Waals surface area contributed by atoms with Gasteiger partial charge in [-0.25, -0.2) is 4.79 Å². The van der Waals surface area contributed by atoms with Crippen molar-refractivity contribution in [1.29, 1.82) is 0 Å². The van der Waals surface area contributed by atoms with Crippen molar-refractivity contribution >= 4 is 29.0 Å². The van der Waals surface area contributed by atoms with Gasteiger partial charge in [-0.05, 0) is 62.4 Å². The molecule has 6 nitrogen and oxygen atoms in total. The van der Waals surface area contributed by atoms with Gasteiger partial charge in [-0.3, -0.25) is 9.69 Å². The second-order valence-electron chi connectivity index (χ2n) is 9.31. The Morgan fingerprint density at radius 1 is 1.12 bits per heavy atom. The maximum Gasteiger partial charge on any atom is 0.414 e. The van der Waals surface area contributed by atoms with E-state index in [0.29, 0.717) is 18.8 Å². The van der Waals surface area contributed by atoms with Gasteiger partial charge in [0.2, 0.25) is 0 Å². The molecule has 0 radical (unpaired) electrons. The van der Waals surface area contributed by atoms with E-state index >= 15 is 0 Å². The van der Waals surface area contributed by atoms with Gasteiger partial charge >= 0.3 is 6.09 Å². The molecule has 32 heavy (non-hydrogen) atoms. The molecule has 1 saturated heterocycles. The summed E-state index contributed by atoms with van der Waals surface area (Å²) in [6.07, 6.45) is 0.530. The van der Waals surface area contributed by atoms with Crippen LogP contribution in [0.2, 0.25) is 0 Å². The lowest BCUT2D eigenvalue weighted by Gasteiger charge is -2.32. The molecule has 2 aromatic heterocycles. The molecule has 3 aromatic rings. The molecule has 2 aliphatic rings. The normalized spacial score (nSPS) is 15.4. The minimum atomic E-state index is -0.308. The van der Waals surface area contributed by atoms with Crippen molar-refractivity contribution in [3.8, 4) is 21.7 Å². The molecule has 0 aliphatic carbocycles. The highest BCUT2D eigenvalue weighted by Gasteiger charge is 2.32. The fourth-order valence-corrected chi connectivity index (χ4v) is 5.12. The minimum Gasteiger partial charge on any atom is -0.447 e. The third-order valence-electron chi connectivity index (χ3n) is 6.44. The summed E-state index contributed by atoms with van der Waals surface area (Å²) in [7, 11) is 1.86. The van der Waals surface area contributed by atoms with Crippen LogP contribution in [0.15, 0.2) is 41.8 Å². The van der Waals surface area contributed by atoms with Gasteiger partial charge in [0.15, 0.2) is 0 Å². The van der Waals surface area contributed by atoms with Crippen LogP contribution < -0.4 is 4.90 Å². The Kier molecular flexibility index (Phi) is 4.89. The summed E-state index contributed by atoms with van der Waals surface area (Å²) in [6.45, 7) is 7.84. The number of thiophene rings is 1. The van der Waals surface area contributed by atoms with Gasteiger partial charge in [0.1, 0.15) is 12.3 Å². The molecule has 7 heteroatoms. The minimum absolute atomic E-state index is 0.0179. The van der Waals surface area contributed by atoms with Crippen LogP contribution in [0.5, 0.6) is 0 Å². The quantitative estimate of drug-likeness (QED) is 0.548. The van der Waals surface area contributed by atoms with Crippen molar-refractivity contribution < 1.29 is 14.3 Å². The number of hydrogen-bond acceptors (Lipinski definition) is 4. The summed E-state index contributed by atoms with van der Waals surface area (Å²) in [5.41, 5.74) is 5.68. The largest absolute Gasteiger partial charge is 0.447 e. The van der Waals surface area contributed by atoms with Gasteiger partial charge in [-0.1, -0.05) is 12.1 Å². The van der Waals surface area contributed by atoms with E-state index < -0.39 is 0 Å². The van der Waals surface area contributed by atoms with Crippen LogP contribution >= 0.6 is 11.3 Å². The predicted molar refractivity (Wildman–Crippen MR) is 127 cm³/mol. The summed E-state index contributed by atoms with van der Waals surface area (Å²) < 4.78 is 7.30. The highest BCUT2D eigenvalue weighted by molar-refractivity contribution is 7.13. The summed E-state index contributed by atoms with van der Waals surface area (Å²) in [5, 5.41) is 2.06. The first-order chi connectivity index (χ1) is 15.3. The van der Waals surface area contributed by atoms with E-state index in [1.807, 2.05) is 46.0 Å². The van der Waals surface area contributed by atoms with Crippen molar-refractivity contribution in [1.82, 2.24) is 9.47 Å². The molecule has 0 unspecified atom stereocenters. The lowest BCUT2D eigenvalue weighted by molar-refractivity contribution is 0.0644. The Morgan fingerprint density at radius 3 is 2.59 bits per heavy atom. The Hall–Kier alpha value is -3.06. The maximum atomic E-state index is 13.5. The number of aryl methyl sites for hydroxylation is 1. The number of ether oxygens (including phenoxy) is 1. The molecule has 5 rings (SSSR count). The van der Waals surface area contributed by atoms with Crippen LogP contribution in [0, 0.1) is 0 Å². The molecular weight excluding hydrogens is 422 g/mol. The van der Waals surface area contributed by atoms with Gasteiger partial charge in [0.25, 0.3) is 5.91 Å². The standard InChI is InChI=1S/C25H27N3O3S/c1-25(2,3)26(4)23(29)20-15-19(21-6-5-13-32-21)22-18-14-17(27-11-12-31-24(27)30)8-7-16(18)9-10-28(20)22/h5-8,13-15H,9-12H2,1-4H3. The highest BCUT2D eigenvalue weighted by atomic mass is 32.1. The van der Waals surface area contributed by atoms with E-state index in [0.717, 1.165) is 40.4 Å². The molecule has 166 valence electrons. The van der Waals surface area contributed by atoms with Gasteiger partial charge in [0, 0.05) is 40.8 Å². The van der Waals surface area contributed by atoms with Gasteiger partial charge in [0.05, 0.1) is 12.2 Å². The van der Waals surface area contributed by atoms with Crippen LogP contribution in [0.4, 0.5) is 10.5 Å². The van der Waals surface area contributed by atoms with Crippen molar-refractivity contribution in [2.45, 2.75) is 39.3 Å². The zero-order chi connectivity index (χ0) is 22.6. The Labute approximate surface area is 192 Å². The number of cyclic esters (lactones) is 1. The number of rotatable bonds is 3. The van der Waals surface area contributed by atoms with Crippen LogP contribution in [0.25, 0.3) is 21.7 Å². The van der Waals surface area contributed by atoms with Crippen LogP contribution in [-0.4, -0.2) is 47.2 Å². The van der Waals surface area contributed by atoms with E-state index in [9.17, 15) is 9.59 Å². The third kappa shape index (κ3) is 3.32. The summed E-state index contributed by atoms with van der Waals surface area (Å²) in [6, 6.07) is 12.3. The maximum absolute atomic E-state index is 13.5. The molecule has 1 aromatic carbocycles. The average molecular weight is 450 g/mol. The number of carbonyl (C=O) groups is 2. The first-order valence-electron chi connectivity index (χ1n) is 10.9. The lowest BCUT2D eigenvalue weighted by atomic mass is 9.95. The van der Waals surface area contributed by atoms with E-state index in [1.54, 1.807) is 21.1 Å². The van der Waals surface area contributed by atoms with E-state index in [1.165, 1.54) is 5.56 Å². The SMILES string of the molecule is CN(C(=O)c1cc(-c2cccs2)c2n1CCc1ccc(N3CCOC3=O)cc1-2)C(C)(C)C. The summed E-state index contributed by atoms with van der Waals surface area (Å²) in [4.78, 5) is 30.3. The monoisotopic (exact) mass is 449 g/mol. The van der Waals surface area contributed by atoms with Crippen LogP contribution in [-0.2, 0) is 17.7 Å². The van der Waals surface area contributed by atoms with Crippen molar-refractivity contribution in [2.24, 2.45) is 0 Å². The first kappa shape index (κ1) is 20.8. The Bertz CT molecular complexity index is 1200. The fraction of sp³-hybridized carbons (Fsp3) is 0.360. The summed E-state index contributed by atoms with van der Waals surface area (Å²) >= 11 is 1.67. The molecule has 0 spiro atoms. The van der Waals surface area contributed by atoms with E-state index in [-0.39, 0.29) is 17.5 Å². The Balaban J connectivity index is 1.69. The molecule has 0 N–H and O–H groups in total. The van der Waals surface area contributed by atoms with Crippen molar-refractivity contribution in [3.05, 3.63) is 53.0 Å². The lowest BCUT2D eigenvalue weighted by Crippen LogP contribution is -2.43. The molecular formula is C25H27N3O3S. The van der Waals surface area contributed by atoms with E-state index in [2.05, 4.69) is 28.1 Å². The second kappa shape index (κ2) is 7.52. The third-order valence-corrected chi connectivity index (χ3v) is 7.34. The molecule has 0 bridgehead atoms. The van der Waals surface area contributed by atoms with Gasteiger partial charge in [-0.2, -0.15) is 0 Å². The molecule has 2 amide bonds. The zero-order valence-electron chi connectivity index (χ0n) is 18.8. The van der Waals surface area contributed by atoms with Gasteiger partial charge < -0.3 is 14.2 Å². The number of fused-ring (bicyclic) bond motifs is 3. The number of carbonyl (C=O) groups excluding carboxylic acids is 2. The number of aromatic nitrogens is 1. The first-order valence-corrected chi connectivity index (χ1v) is 11.8. The van der Waals surface area contributed by atoms with Gasteiger partial charge in [-0.15, -0.1) is 11.3 Å². The number of amides is 2. The topological polar surface area (TPSA) is 54.8 Å². The zero-order valence-corrected chi connectivity index (χ0v) is 19.7. The second-order valence-corrected chi connectivity index (χ2v) is 10.3. The van der Waals surface area contributed by atoms with Crippen molar-refractivity contribution in [3.63, 3.8) is 0 Å². The smallest absolute Gasteiger partial charge is 0.414 e. The predicted octanol–water partition coefficient (Wildman–Crippen LogP) is 5.27. The molecule has 2 aliphatic heterocycles. The summed E-state index contributed by atoms with van der Waals surface area (Å²) in [5.74, 6) is 0.0179.